The van der Waals surface area contributed by atoms with Crippen molar-refractivity contribution in [3.05, 3.63) is 0 Å². The van der Waals surface area contributed by atoms with Gasteiger partial charge in [-0.05, 0) is 0 Å². The minimum Gasteiger partial charge on any atom is -0.283 e. The number of hydrogen-bond acceptors (Lipinski definition) is 2. The Bertz CT molecular complexity index is 66.1. The number of hydrogen-bond donors (Lipinski definition) is 0. The molecule has 0 spiro atoms. The van der Waals surface area contributed by atoms with Gasteiger partial charge in [0.25, 0.3) is 0 Å². The minimum atomic E-state index is 1.64. The van der Waals surface area contributed by atoms with E-state index in [1.54, 1.807) is 10.0 Å². The summed E-state index contributed by atoms with van der Waals surface area (Å²) in [6, 6.07) is 0. The molecular formula is C4H12N4. The van der Waals surface area contributed by atoms with Gasteiger partial charge in [0, 0.05) is 28.2 Å². The number of nitrogens with zero attached hydrogens (tertiary/aromatic N) is 4. The van der Waals surface area contributed by atoms with E-state index in [9.17, 15) is 0 Å². The van der Waals surface area contributed by atoms with Crippen LogP contribution in [0.5, 0.6) is 0 Å². The van der Waals surface area contributed by atoms with Crippen LogP contribution in [0, 0.1) is 0 Å². The summed E-state index contributed by atoms with van der Waals surface area (Å²) in [5.41, 5.74) is 0. The van der Waals surface area contributed by atoms with Gasteiger partial charge in [-0.25, -0.2) is 0 Å². The van der Waals surface area contributed by atoms with Crippen molar-refractivity contribution < 1.29 is 0 Å². The first-order valence-electron chi connectivity index (χ1n) is 2.39. The Morgan fingerprint density at radius 2 is 1.00 bits per heavy atom. The van der Waals surface area contributed by atoms with Crippen LogP contribution in [0.1, 0.15) is 0 Å². The molecule has 0 saturated carbocycles. The normalized spacial score (nSPS) is 10.0. The molecule has 4 heteroatoms. The van der Waals surface area contributed by atoms with Crippen LogP contribution in [-0.2, 0) is 0 Å². The largest absolute Gasteiger partial charge is 0.283 e. The van der Waals surface area contributed by atoms with Crippen LogP contribution in [-0.4, -0.2) is 38.2 Å². The first-order chi connectivity index (χ1) is 3.63. The van der Waals surface area contributed by atoms with Gasteiger partial charge in [0.1, 0.15) is 0 Å². The second-order valence-corrected chi connectivity index (χ2v) is 1.87. The maximum Gasteiger partial charge on any atom is 0.0262 e. The summed E-state index contributed by atoms with van der Waals surface area (Å²) >= 11 is 0. The van der Waals surface area contributed by atoms with Crippen LogP contribution in [0.25, 0.3) is 0 Å². The van der Waals surface area contributed by atoms with E-state index in [0.717, 1.165) is 0 Å². The summed E-state index contributed by atoms with van der Waals surface area (Å²) in [6.45, 7) is 0. The summed E-state index contributed by atoms with van der Waals surface area (Å²) in [5.74, 6) is 0. The van der Waals surface area contributed by atoms with Gasteiger partial charge in [-0.2, -0.15) is 0 Å². The molecule has 0 aliphatic heterocycles. The Kier molecular flexibility index (Phi) is 2.91. The fourth-order valence-corrected chi connectivity index (χ4v) is 0.160. The first-order valence-corrected chi connectivity index (χ1v) is 2.39. The average Bonchev–Trinajstić information content (AvgIpc) is 1.61. The monoisotopic (exact) mass is 116 g/mol. The van der Waals surface area contributed by atoms with Crippen LogP contribution >= 0.6 is 0 Å². The predicted octanol–water partition coefficient (Wildman–Crippen LogP) is 0.392. The van der Waals surface area contributed by atoms with E-state index in [4.69, 9.17) is 0 Å². The zero-order chi connectivity index (χ0) is 6.57. The van der Waals surface area contributed by atoms with Crippen LogP contribution in [0.2, 0.25) is 0 Å². The Hall–Kier alpha value is -0.800. The molecule has 0 unspecified atom stereocenters. The van der Waals surface area contributed by atoms with Gasteiger partial charge in [-0.15, -0.1) is 0 Å². The van der Waals surface area contributed by atoms with E-state index in [-0.39, 0.29) is 0 Å². The lowest BCUT2D eigenvalue weighted by atomic mass is 11.2. The topological polar surface area (TPSA) is 31.2 Å². The zero-order valence-corrected chi connectivity index (χ0v) is 5.79. The Balaban J connectivity index is 3.34. The molecule has 0 saturated heterocycles. The highest BCUT2D eigenvalue weighted by atomic mass is 15.6. The quantitative estimate of drug-likeness (QED) is 0.386. The molecule has 0 bridgehead atoms. The molecule has 0 aliphatic carbocycles. The fraction of sp³-hybridized carbons (Fsp3) is 1.00. The standard InChI is InChI=1S/C4H12N4/c1-7(2)5-6-8(3)4/h1-4H3/b6-5-. The highest BCUT2D eigenvalue weighted by Crippen LogP contribution is 1.80. The molecule has 0 atom stereocenters. The molecule has 0 amide bonds. The molecule has 48 valence electrons. The van der Waals surface area contributed by atoms with Crippen molar-refractivity contribution in [1.29, 1.82) is 0 Å². The minimum absolute atomic E-state index is 1.64. The molecular weight excluding hydrogens is 104 g/mol. The maximum atomic E-state index is 3.71. The smallest absolute Gasteiger partial charge is 0.0262 e. The molecule has 0 fully saturated rings. The van der Waals surface area contributed by atoms with Crippen LogP contribution < -0.4 is 0 Å². The summed E-state index contributed by atoms with van der Waals surface area (Å²) < 4.78 is 0. The van der Waals surface area contributed by atoms with E-state index < -0.39 is 0 Å². The summed E-state index contributed by atoms with van der Waals surface area (Å²) in [4.78, 5) is 0. The second-order valence-electron chi connectivity index (χ2n) is 1.87. The molecule has 0 heterocycles. The fourth-order valence-electron chi connectivity index (χ4n) is 0.160. The van der Waals surface area contributed by atoms with Gasteiger partial charge >= 0.3 is 0 Å². The van der Waals surface area contributed by atoms with Gasteiger partial charge in [-0.3, -0.25) is 10.0 Å². The van der Waals surface area contributed by atoms with Crippen LogP contribution in [0.3, 0.4) is 0 Å². The van der Waals surface area contributed by atoms with Gasteiger partial charge in [-0.1, -0.05) is 10.4 Å². The van der Waals surface area contributed by atoms with E-state index >= 15 is 0 Å². The average molecular weight is 116 g/mol. The Morgan fingerprint density at radius 1 is 0.750 bits per heavy atom. The van der Waals surface area contributed by atoms with Crippen LogP contribution in [0.4, 0.5) is 0 Å². The molecule has 4 nitrogen and oxygen atoms in total. The lowest BCUT2D eigenvalue weighted by molar-refractivity contribution is 0.312. The van der Waals surface area contributed by atoms with Crippen molar-refractivity contribution >= 4 is 0 Å². The lowest BCUT2D eigenvalue weighted by Crippen LogP contribution is -2.05. The number of rotatable bonds is 2. The van der Waals surface area contributed by atoms with Crippen LogP contribution in [0.15, 0.2) is 10.4 Å². The summed E-state index contributed by atoms with van der Waals surface area (Å²) in [7, 11) is 7.31. The van der Waals surface area contributed by atoms with E-state index in [2.05, 4.69) is 10.4 Å². The molecule has 0 aromatic carbocycles. The SMILES string of the molecule is CN(C)/N=N\N(C)C. The van der Waals surface area contributed by atoms with Crippen molar-refractivity contribution in [2.75, 3.05) is 28.2 Å². The van der Waals surface area contributed by atoms with Gasteiger partial charge in [0.2, 0.25) is 0 Å². The molecule has 0 aliphatic rings. The molecule has 0 aromatic heterocycles. The van der Waals surface area contributed by atoms with Gasteiger partial charge in [0.15, 0.2) is 0 Å². The lowest BCUT2D eigenvalue weighted by Gasteiger charge is -2.04. The predicted molar refractivity (Wildman–Crippen MR) is 32.2 cm³/mol. The second kappa shape index (κ2) is 3.23. The van der Waals surface area contributed by atoms with E-state index in [1.165, 1.54) is 0 Å². The Labute approximate surface area is 49.7 Å². The van der Waals surface area contributed by atoms with Gasteiger partial charge < -0.3 is 0 Å². The summed E-state index contributed by atoms with van der Waals surface area (Å²) in [6.07, 6.45) is 0. The van der Waals surface area contributed by atoms with Crippen molar-refractivity contribution in [3.8, 4) is 0 Å². The highest BCUT2D eigenvalue weighted by Gasteiger charge is 1.77. The van der Waals surface area contributed by atoms with Crippen molar-refractivity contribution in [2.45, 2.75) is 0 Å². The van der Waals surface area contributed by atoms with Crippen molar-refractivity contribution in [2.24, 2.45) is 10.4 Å². The third kappa shape index (κ3) is 5.20. The maximum absolute atomic E-state index is 3.71. The van der Waals surface area contributed by atoms with Crippen molar-refractivity contribution in [3.63, 3.8) is 0 Å². The summed E-state index contributed by atoms with van der Waals surface area (Å²) in [5, 5.41) is 10.7. The highest BCUT2D eigenvalue weighted by molar-refractivity contribution is 4.19. The molecule has 0 N–H and O–H groups in total. The Morgan fingerprint density at radius 3 is 1.12 bits per heavy atom. The van der Waals surface area contributed by atoms with E-state index in [0.29, 0.717) is 0 Å². The molecule has 0 rings (SSSR count). The zero-order valence-electron chi connectivity index (χ0n) is 5.79. The van der Waals surface area contributed by atoms with E-state index in [1.807, 2.05) is 28.2 Å². The molecule has 8 heavy (non-hydrogen) atoms. The van der Waals surface area contributed by atoms with Crippen molar-refractivity contribution in [1.82, 2.24) is 10.0 Å². The molecule has 0 aromatic rings. The third-order valence-electron chi connectivity index (χ3n) is 0.398. The molecule has 0 radical (unpaired) electrons. The van der Waals surface area contributed by atoms with Gasteiger partial charge in [0.05, 0.1) is 0 Å². The third-order valence-corrected chi connectivity index (χ3v) is 0.398. The first kappa shape index (κ1) is 7.20.